The van der Waals surface area contributed by atoms with E-state index < -0.39 is 21.8 Å². The number of halogens is 3. The Morgan fingerprint density at radius 2 is 1.74 bits per heavy atom. The number of benzene rings is 2. The van der Waals surface area contributed by atoms with Gasteiger partial charge in [0.15, 0.2) is 4.21 Å². The molecule has 0 amide bonds. The summed E-state index contributed by atoms with van der Waals surface area (Å²) in [5.74, 6) is 0.328. The van der Waals surface area contributed by atoms with Crippen molar-refractivity contribution in [2.24, 2.45) is 0 Å². The van der Waals surface area contributed by atoms with Gasteiger partial charge in [0, 0.05) is 49.7 Å². The monoisotopic (exact) mass is 562 g/mol. The second kappa shape index (κ2) is 10.6. The quantitative estimate of drug-likeness (QED) is 0.353. The van der Waals surface area contributed by atoms with Crippen LogP contribution < -0.4 is 5.32 Å². The number of hydrogen-bond donors (Lipinski definition) is 1. The van der Waals surface area contributed by atoms with Gasteiger partial charge in [-0.1, -0.05) is 36.4 Å². The molecule has 1 fully saturated rings. The van der Waals surface area contributed by atoms with Crippen molar-refractivity contribution >= 4 is 38.1 Å². The predicted molar refractivity (Wildman–Crippen MR) is 140 cm³/mol. The Labute approximate surface area is 222 Å². The number of anilines is 1. The van der Waals surface area contributed by atoms with Crippen LogP contribution in [0.5, 0.6) is 0 Å². The Hall–Kier alpha value is -3.13. The Bertz CT molecular complexity index is 1520. The molecule has 2 aromatic carbocycles. The zero-order valence-corrected chi connectivity index (χ0v) is 22.0. The van der Waals surface area contributed by atoms with E-state index in [1.54, 1.807) is 6.07 Å². The van der Waals surface area contributed by atoms with Gasteiger partial charge in [-0.15, -0.1) is 11.3 Å². The van der Waals surface area contributed by atoms with Crippen molar-refractivity contribution in [2.75, 3.05) is 38.0 Å². The molecule has 13 heteroatoms. The fourth-order valence-electron chi connectivity index (χ4n) is 4.47. The van der Waals surface area contributed by atoms with Gasteiger partial charge >= 0.3 is 6.18 Å². The number of alkyl halides is 3. The molecule has 8 nitrogen and oxygen atoms in total. The van der Waals surface area contributed by atoms with E-state index in [4.69, 9.17) is 0 Å². The third kappa shape index (κ3) is 5.51. The molecule has 0 spiro atoms. The molecule has 0 saturated carbocycles. The van der Waals surface area contributed by atoms with Crippen molar-refractivity contribution in [3.05, 3.63) is 66.6 Å². The van der Waals surface area contributed by atoms with Gasteiger partial charge in [0.2, 0.25) is 0 Å². The Kier molecular flexibility index (Phi) is 7.36. The van der Waals surface area contributed by atoms with Gasteiger partial charge in [0.25, 0.3) is 10.0 Å². The number of rotatable bonds is 7. The van der Waals surface area contributed by atoms with E-state index in [-0.39, 0.29) is 15.8 Å². The van der Waals surface area contributed by atoms with Crippen LogP contribution in [0, 0.1) is 0 Å². The third-order valence-electron chi connectivity index (χ3n) is 6.32. The normalized spacial score (nSPS) is 16.5. The minimum Gasteiger partial charge on any atom is -0.366 e. The van der Waals surface area contributed by atoms with E-state index in [9.17, 15) is 21.6 Å². The number of thiazole rings is 1. The fraction of sp³-hybridized carbons (Fsp3) is 0.320. The summed E-state index contributed by atoms with van der Waals surface area (Å²) in [7, 11) is -3.65. The van der Waals surface area contributed by atoms with Crippen LogP contribution in [0.4, 0.5) is 19.0 Å². The number of fused-ring (bicyclic) bond motifs is 1. The van der Waals surface area contributed by atoms with Crippen molar-refractivity contribution in [3.63, 3.8) is 0 Å². The molecular weight excluding hydrogens is 537 g/mol. The lowest BCUT2D eigenvalue weighted by atomic mass is 10.1. The largest absolute Gasteiger partial charge is 0.418 e. The first-order valence-corrected chi connectivity index (χ1v) is 14.2. The summed E-state index contributed by atoms with van der Waals surface area (Å²) in [6.07, 6.45) is -1.98. The molecular formula is C25H25F3N6O2S2. The van der Waals surface area contributed by atoms with Gasteiger partial charge < -0.3 is 5.32 Å². The van der Waals surface area contributed by atoms with E-state index in [1.807, 2.05) is 37.3 Å². The first-order valence-electron chi connectivity index (χ1n) is 11.9. The molecule has 1 atom stereocenters. The molecule has 1 saturated heterocycles. The standard InChI is InChI=1S/C25H25F3N6O2S2/c1-17(32-23-19-8-5-9-20(25(26,27)28)22(19)30-16-31-23)15-33-10-12-34(13-11-33)38(35,36)21-14-29-24(37-21)18-6-3-2-4-7-18/h2-9,14,16-17H,10-13,15H2,1H3,(H,30,31,32)/t17-/m0/s1. The van der Waals surface area contributed by atoms with Gasteiger partial charge in [0.1, 0.15) is 17.2 Å². The molecule has 0 aliphatic carbocycles. The lowest BCUT2D eigenvalue weighted by Crippen LogP contribution is -2.50. The second-order valence-corrected chi connectivity index (χ2v) is 12.2. The maximum absolute atomic E-state index is 13.4. The van der Waals surface area contributed by atoms with E-state index >= 15 is 0 Å². The first-order chi connectivity index (χ1) is 18.1. The number of hydrogen-bond acceptors (Lipinski definition) is 8. The van der Waals surface area contributed by atoms with Crippen molar-refractivity contribution in [3.8, 4) is 10.6 Å². The maximum atomic E-state index is 13.4. The van der Waals surface area contributed by atoms with Crippen molar-refractivity contribution in [1.29, 1.82) is 0 Å². The Morgan fingerprint density at radius 3 is 2.45 bits per heavy atom. The van der Waals surface area contributed by atoms with Crippen LogP contribution in [-0.4, -0.2) is 71.3 Å². The molecule has 5 rings (SSSR count). The smallest absolute Gasteiger partial charge is 0.366 e. The van der Waals surface area contributed by atoms with Crippen LogP contribution in [-0.2, 0) is 16.2 Å². The van der Waals surface area contributed by atoms with Gasteiger partial charge in [0.05, 0.1) is 17.3 Å². The minimum atomic E-state index is -4.51. The lowest BCUT2D eigenvalue weighted by Gasteiger charge is -2.35. The number of nitrogens with one attached hydrogen (secondary N) is 1. The molecule has 3 heterocycles. The van der Waals surface area contributed by atoms with Crippen molar-refractivity contribution < 1.29 is 21.6 Å². The van der Waals surface area contributed by atoms with Crippen LogP contribution in [0.15, 0.2) is 65.3 Å². The van der Waals surface area contributed by atoms with E-state index in [0.29, 0.717) is 48.9 Å². The molecule has 2 aromatic heterocycles. The SMILES string of the molecule is C[C@@H](CN1CCN(S(=O)(=O)c2cnc(-c3ccccc3)s2)CC1)Nc1ncnc2c(C(F)(F)F)cccc12. The van der Waals surface area contributed by atoms with E-state index in [2.05, 4.69) is 25.2 Å². The van der Waals surface area contributed by atoms with Gasteiger partial charge in [-0.3, -0.25) is 4.90 Å². The summed E-state index contributed by atoms with van der Waals surface area (Å²) in [5.41, 5.74) is -0.0828. The Balaban J connectivity index is 1.21. The molecule has 1 aliphatic heterocycles. The number of para-hydroxylation sites is 1. The summed E-state index contributed by atoms with van der Waals surface area (Å²) in [6, 6.07) is 13.2. The van der Waals surface area contributed by atoms with Crippen molar-refractivity contribution in [2.45, 2.75) is 23.4 Å². The lowest BCUT2D eigenvalue weighted by molar-refractivity contribution is -0.136. The van der Waals surface area contributed by atoms with E-state index in [0.717, 1.165) is 29.3 Å². The van der Waals surface area contributed by atoms with Crippen LogP contribution in [0.25, 0.3) is 21.5 Å². The third-order valence-corrected chi connectivity index (χ3v) is 9.70. The van der Waals surface area contributed by atoms with Gasteiger partial charge in [-0.2, -0.15) is 17.5 Å². The molecule has 4 aromatic rings. The highest BCUT2D eigenvalue weighted by Crippen LogP contribution is 2.35. The predicted octanol–water partition coefficient (Wildman–Crippen LogP) is 4.58. The summed E-state index contributed by atoms with van der Waals surface area (Å²) in [6.45, 7) is 4.19. The summed E-state index contributed by atoms with van der Waals surface area (Å²) < 4.78 is 68.2. The summed E-state index contributed by atoms with van der Waals surface area (Å²) in [5, 5.41) is 4.15. The number of piperazine rings is 1. The van der Waals surface area contributed by atoms with Gasteiger partial charge in [-0.25, -0.2) is 23.4 Å². The molecule has 0 unspecified atom stereocenters. The Morgan fingerprint density at radius 1 is 1.00 bits per heavy atom. The highest BCUT2D eigenvalue weighted by Gasteiger charge is 2.34. The van der Waals surface area contributed by atoms with Crippen molar-refractivity contribution in [1.82, 2.24) is 24.2 Å². The second-order valence-electron chi connectivity index (χ2n) is 9.02. The number of aromatic nitrogens is 3. The highest BCUT2D eigenvalue weighted by atomic mass is 32.2. The number of sulfonamides is 1. The molecule has 1 N–H and O–H groups in total. The highest BCUT2D eigenvalue weighted by molar-refractivity contribution is 7.91. The zero-order chi connectivity index (χ0) is 26.9. The topological polar surface area (TPSA) is 91.3 Å². The van der Waals surface area contributed by atoms with E-state index in [1.165, 1.54) is 16.6 Å². The summed E-state index contributed by atoms with van der Waals surface area (Å²) in [4.78, 5) is 14.4. The molecule has 1 aliphatic rings. The average molecular weight is 563 g/mol. The molecule has 200 valence electrons. The van der Waals surface area contributed by atoms with Crippen LogP contribution in [0.1, 0.15) is 12.5 Å². The molecule has 0 radical (unpaired) electrons. The zero-order valence-electron chi connectivity index (χ0n) is 20.4. The molecule has 38 heavy (non-hydrogen) atoms. The average Bonchev–Trinajstić information content (AvgIpc) is 3.40. The van der Waals surface area contributed by atoms with Crippen LogP contribution in [0.2, 0.25) is 0 Å². The molecule has 0 bridgehead atoms. The fourth-order valence-corrected chi connectivity index (χ4v) is 7.18. The minimum absolute atomic E-state index is 0.151. The summed E-state index contributed by atoms with van der Waals surface area (Å²) >= 11 is 1.16. The first kappa shape index (κ1) is 26.5. The maximum Gasteiger partial charge on any atom is 0.418 e. The number of nitrogens with zero attached hydrogens (tertiary/aromatic N) is 5. The van der Waals surface area contributed by atoms with Crippen LogP contribution in [0.3, 0.4) is 0 Å². The van der Waals surface area contributed by atoms with Gasteiger partial charge in [-0.05, 0) is 19.1 Å². The van der Waals surface area contributed by atoms with Crippen LogP contribution >= 0.6 is 11.3 Å².